The van der Waals surface area contributed by atoms with Crippen molar-refractivity contribution in [3.63, 3.8) is 0 Å². The number of unbranched alkanes of at least 4 members (excludes halogenated alkanes) is 1. The molecule has 2 rings (SSSR count). The lowest BCUT2D eigenvalue weighted by Gasteiger charge is -1.90. The molecule has 0 saturated heterocycles. The molecule has 0 spiro atoms. The average molecular weight is 227 g/mol. The molecule has 0 amide bonds. The third kappa shape index (κ3) is 1.87. The second-order valence-corrected chi connectivity index (χ2v) is 3.71. The van der Waals surface area contributed by atoms with Crippen LogP contribution < -0.4 is 5.56 Å². The number of aromatic amines is 2. The van der Waals surface area contributed by atoms with E-state index in [9.17, 15) is 4.79 Å². The van der Waals surface area contributed by atoms with Crippen molar-refractivity contribution < 1.29 is 0 Å². The normalized spacial score (nSPS) is 11.1. The largest absolute Gasteiger partial charge is 0.337 e. The monoisotopic (exact) mass is 226 g/mol. The molecule has 0 aliphatic carbocycles. The van der Waals surface area contributed by atoms with Gasteiger partial charge in [-0.3, -0.25) is 4.79 Å². The Labute approximate surface area is 90.9 Å². The minimum atomic E-state index is -0.287. The molecule has 0 radical (unpaired) electrons. The zero-order valence-electron chi connectivity index (χ0n) is 8.30. The highest BCUT2D eigenvalue weighted by atomic mass is 35.5. The van der Waals surface area contributed by atoms with E-state index in [0.717, 1.165) is 25.1 Å². The predicted octanol–water partition coefficient (Wildman–Crippen LogP) is 1.64. The lowest BCUT2D eigenvalue weighted by molar-refractivity contribution is 0.765. The van der Waals surface area contributed by atoms with Crippen LogP contribution in [0.4, 0.5) is 0 Å². The molecule has 15 heavy (non-hydrogen) atoms. The number of hydrogen-bond donors (Lipinski definition) is 2. The smallest absolute Gasteiger partial charge is 0.290 e. The van der Waals surface area contributed by atoms with Crippen molar-refractivity contribution in [3.8, 4) is 0 Å². The molecule has 80 valence electrons. The molecule has 5 nitrogen and oxygen atoms in total. The maximum atomic E-state index is 11.4. The van der Waals surface area contributed by atoms with Crippen LogP contribution in [0.2, 0.25) is 5.15 Å². The summed E-state index contributed by atoms with van der Waals surface area (Å²) in [6.07, 6.45) is 2.93. The summed E-state index contributed by atoms with van der Waals surface area (Å²) in [4.78, 5) is 18.6. The van der Waals surface area contributed by atoms with E-state index >= 15 is 0 Å². The van der Waals surface area contributed by atoms with Crippen molar-refractivity contribution in [2.75, 3.05) is 0 Å². The highest BCUT2D eigenvalue weighted by Crippen LogP contribution is 2.15. The lowest BCUT2D eigenvalue weighted by Crippen LogP contribution is -2.08. The Hall–Kier alpha value is -1.36. The third-order valence-electron chi connectivity index (χ3n) is 2.20. The van der Waals surface area contributed by atoms with Gasteiger partial charge in [0.05, 0.1) is 0 Å². The van der Waals surface area contributed by atoms with Gasteiger partial charge in [-0.2, -0.15) is 5.10 Å². The molecular weight excluding hydrogens is 216 g/mol. The summed E-state index contributed by atoms with van der Waals surface area (Å²) in [7, 11) is 0. The molecule has 2 aromatic heterocycles. The van der Waals surface area contributed by atoms with E-state index in [0.29, 0.717) is 11.0 Å². The van der Waals surface area contributed by atoms with E-state index < -0.39 is 0 Å². The third-order valence-corrected chi connectivity index (χ3v) is 2.46. The summed E-state index contributed by atoms with van der Waals surface area (Å²) < 4.78 is 0. The van der Waals surface area contributed by atoms with Gasteiger partial charge in [-0.05, 0) is 6.42 Å². The Morgan fingerprint density at radius 3 is 2.93 bits per heavy atom. The summed E-state index contributed by atoms with van der Waals surface area (Å²) in [6, 6.07) is 0. The first-order valence-electron chi connectivity index (χ1n) is 4.85. The fourth-order valence-electron chi connectivity index (χ4n) is 1.41. The van der Waals surface area contributed by atoms with Gasteiger partial charge in [0.1, 0.15) is 16.9 Å². The van der Waals surface area contributed by atoms with Crippen LogP contribution >= 0.6 is 11.6 Å². The van der Waals surface area contributed by atoms with Crippen molar-refractivity contribution in [1.29, 1.82) is 0 Å². The molecule has 0 aliphatic heterocycles. The van der Waals surface area contributed by atoms with Crippen molar-refractivity contribution in [2.45, 2.75) is 26.2 Å². The zero-order valence-corrected chi connectivity index (χ0v) is 9.06. The van der Waals surface area contributed by atoms with Crippen LogP contribution in [0, 0.1) is 0 Å². The zero-order chi connectivity index (χ0) is 10.8. The summed E-state index contributed by atoms with van der Waals surface area (Å²) in [5, 5.41) is 6.17. The molecule has 0 bridgehead atoms. The summed E-state index contributed by atoms with van der Waals surface area (Å²) in [5.74, 6) is 0.784. The highest BCUT2D eigenvalue weighted by molar-refractivity contribution is 6.33. The second-order valence-electron chi connectivity index (χ2n) is 3.35. The molecule has 0 aliphatic rings. The molecular formula is C9H11ClN4O. The molecule has 0 atom stereocenters. The quantitative estimate of drug-likeness (QED) is 0.836. The fraction of sp³-hybridized carbons (Fsp3) is 0.444. The number of nitrogens with one attached hydrogen (secondary N) is 2. The number of imidazole rings is 1. The molecule has 0 fully saturated rings. The molecule has 0 aromatic carbocycles. The lowest BCUT2D eigenvalue weighted by atomic mass is 10.2. The average Bonchev–Trinajstić information content (AvgIpc) is 2.66. The van der Waals surface area contributed by atoms with Crippen molar-refractivity contribution in [3.05, 3.63) is 21.3 Å². The van der Waals surface area contributed by atoms with E-state index in [1.807, 2.05) is 0 Å². The summed E-state index contributed by atoms with van der Waals surface area (Å²) in [6.45, 7) is 2.10. The second kappa shape index (κ2) is 4.02. The Balaban J connectivity index is 2.50. The van der Waals surface area contributed by atoms with E-state index in [1.165, 1.54) is 0 Å². The first kappa shape index (κ1) is 10.2. The molecule has 2 heterocycles. The van der Waals surface area contributed by atoms with Crippen LogP contribution in [-0.4, -0.2) is 20.2 Å². The number of hydrogen-bond acceptors (Lipinski definition) is 3. The van der Waals surface area contributed by atoms with E-state index in [1.54, 1.807) is 0 Å². The van der Waals surface area contributed by atoms with Crippen LogP contribution in [0.25, 0.3) is 11.0 Å². The maximum Gasteiger partial charge on any atom is 0.290 e. The minimum absolute atomic E-state index is 0.226. The molecule has 6 heteroatoms. The van der Waals surface area contributed by atoms with Crippen LogP contribution in [-0.2, 0) is 6.42 Å². The van der Waals surface area contributed by atoms with Gasteiger partial charge < -0.3 is 4.98 Å². The number of halogens is 1. The van der Waals surface area contributed by atoms with Gasteiger partial charge in [-0.1, -0.05) is 24.9 Å². The van der Waals surface area contributed by atoms with E-state index in [-0.39, 0.29) is 10.7 Å². The molecule has 0 unspecified atom stereocenters. The van der Waals surface area contributed by atoms with Gasteiger partial charge in [-0.25, -0.2) is 10.1 Å². The number of fused-ring (bicyclic) bond motifs is 1. The Morgan fingerprint density at radius 2 is 2.27 bits per heavy atom. The van der Waals surface area contributed by atoms with E-state index in [2.05, 4.69) is 27.1 Å². The molecule has 0 saturated carbocycles. The first-order valence-corrected chi connectivity index (χ1v) is 5.23. The molecule has 2 N–H and O–H groups in total. The van der Waals surface area contributed by atoms with Gasteiger partial charge in [0.2, 0.25) is 0 Å². The first-order chi connectivity index (χ1) is 7.22. The number of nitrogens with zero attached hydrogens (tertiary/aromatic N) is 2. The van der Waals surface area contributed by atoms with Gasteiger partial charge in [0.15, 0.2) is 5.15 Å². The Bertz CT molecular complexity index is 530. The number of rotatable bonds is 3. The number of aryl methyl sites for hydroxylation is 1. The van der Waals surface area contributed by atoms with Crippen LogP contribution in [0.5, 0.6) is 0 Å². The highest BCUT2D eigenvalue weighted by Gasteiger charge is 2.10. The minimum Gasteiger partial charge on any atom is -0.337 e. The predicted molar refractivity (Wildman–Crippen MR) is 58.1 cm³/mol. The number of aromatic nitrogens is 4. The maximum absolute atomic E-state index is 11.4. The van der Waals surface area contributed by atoms with Crippen molar-refractivity contribution in [1.82, 2.24) is 20.2 Å². The van der Waals surface area contributed by atoms with Gasteiger partial charge in [0, 0.05) is 6.42 Å². The fourth-order valence-corrected chi connectivity index (χ4v) is 1.59. The van der Waals surface area contributed by atoms with Crippen molar-refractivity contribution in [2.24, 2.45) is 0 Å². The van der Waals surface area contributed by atoms with Gasteiger partial charge in [0.25, 0.3) is 5.56 Å². The topological polar surface area (TPSA) is 74.4 Å². The number of H-pyrrole nitrogens is 2. The van der Waals surface area contributed by atoms with Crippen molar-refractivity contribution >= 4 is 22.6 Å². The SMILES string of the molecule is CCCCc1nc2c(Cl)n[nH]c(=O)c2[nH]1. The molecule has 2 aromatic rings. The summed E-state index contributed by atoms with van der Waals surface area (Å²) >= 11 is 5.81. The van der Waals surface area contributed by atoms with E-state index in [4.69, 9.17) is 11.6 Å². The summed E-state index contributed by atoms with van der Waals surface area (Å²) in [5.41, 5.74) is 0.567. The van der Waals surface area contributed by atoms with Gasteiger partial charge in [-0.15, -0.1) is 0 Å². The Morgan fingerprint density at radius 1 is 1.47 bits per heavy atom. The van der Waals surface area contributed by atoms with Crippen LogP contribution in [0.1, 0.15) is 25.6 Å². The van der Waals surface area contributed by atoms with Crippen LogP contribution in [0.3, 0.4) is 0 Å². The Kier molecular flexibility index (Phi) is 2.73. The van der Waals surface area contributed by atoms with Gasteiger partial charge >= 0.3 is 0 Å². The van der Waals surface area contributed by atoms with Crippen LogP contribution in [0.15, 0.2) is 4.79 Å². The standard InChI is InChI=1S/C9H11ClN4O/c1-2-3-4-5-11-6-7(12-5)9(15)14-13-8(6)10/h2-4H2,1H3,(H,11,12)(H,14,15).